The van der Waals surface area contributed by atoms with Crippen LogP contribution in [0.1, 0.15) is 9.61 Å². The van der Waals surface area contributed by atoms with Crippen LogP contribution in [0.3, 0.4) is 0 Å². The normalized spacial score (nSPS) is 21.4. The molecular formula is C8H7Cl2IN2. The highest BCUT2D eigenvalue weighted by Crippen LogP contribution is 2.42. The highest BCUT2D eigenvalue weighted by atomic mass is 127. The molecule has 1 aromatic rings. The maximum Gasteiger partial charge on any atom is 0.107 e. The van der Waals surface area contributed by atoms with E-state index in [0.29, 0.717) is 14.1 Å². The van der Waals surface area contributed by atoms with E-state index in [2.05, 4.69) is 28.0 Å². The van der Waals surface area contributed by atoms with Gasteiger partial charge < -0.3 is 5.43 Å². The van der Waals surface area contributed by atoms with E-state index in [1.54, 1.807) is 0 Å². The molecule has 1 atom stereocenters. The van der Waals surface area contributed by atoms with Gasteiger partial charge in [0.2, 0.25) is 0 Å². The van der Waals surface area contributed by atoms with Gasteiger partial charge in [0.1, 0.15) is 4.05 Å². The molecule has 1 aliphatic rings. The topological polar surface area (TPSA) is 15.3 Å². The summed E-state index contributed by atoms with van der Waals surface area (Å²) in [4.78, 5) is 0. The number of hydrazine groups is 1. The molecule has 0 aliphatic carbocycles. The summed E-state index contributed by atoms with van der Waals surface area (Å²) in [5, 5.41) is 3.21. The fourth-order valence-corrected chi connectivity index (χ4v) is 2.30. The van der Waals surface area contributed by atoms with Crippen molar-refractivity contribution in [2.24, 2.45) is 0 Å². The van der Waals surface area contributed by atoms with Crippen LogP contribution in [-0.2, 0) is 0 Å². The lowest BCUT2D eigenvalue weighted by atomic mass is 10.2. The first-order valence-electron chi connectivity index (χ1n) is 3.72. The van der Waals surface area contributed by atoms with Gasteiger partial charge in [-0.05, 0) is 12.1 Å². The number of hydrogen-bond acceptors (Lipinski definition) is 2. The van der Waals surface area contributed by atoms with E-state index in [9.17, 15) is 0 Å². The van der Waals surface area contributed by atoms with Crippen molar-refractivity contribution < 1.29 is 0 Å². The number of nitrogens with one attached hydrogen (secondary N) is 1. The van der Waals surface area contributed by atoms with E-state index in [-0.39, 0.29) is 0 Å². The van der Waals surface area contributed by atoms with E-state index in [1.165, 1.54) is 5.56 Å². The SMILES string of the molecule is CN1Nc2cc(Cl)c(Cl)cc2C1I. The van der Waals surface area contributed by atoms with E-state index in [4.69, 9.17) is 23.2 Å². The summed E-state index contributed by atoms with van der Waals surface area (Å²) in [6.07, 6.45) is 0. The molecule has 70 valence electrons. The van der Waals surface area contributed by atoms with E-state index in [1.807, 2.05) is 24.2 Å². The Balaban J connectivity index is 2.53. The van der Waals surface area contributed by atoms with Gasteiger partial charge in [-0.15, -0.1) is 0 Å². The molecular weight excluding hydrogens is 322 g/mol. The minimum atomic E-state index is 0.308. The van der Waals surface area contributed by atoms with Gasteiger partial charge in [0.05, 0.1) is 15.7 Å². The predicted molar refractivity (Wildman–Crippen MR) is 64.6 cm³/mol. The largest absolute Gasteiger partial charge is 0.317 e. The molecule has 0 radical (unpaired) electrons. The molecule has 0 spiro atoms. The Morgan fingerprint density at radius 1 is 1.38 bits per heavy atom. The van der Waals surface area contributed by atoms with Crippen LogP contribution >= 0.6 is 45.8 Å². The molecule has 0 bridgehead atoms. The quantitative estimate of drug-likeness (QED) is 0.444. The first kappa shape index (κ1) is 9.83. The first-order valence-corrected chi connectivity index (χ1v) is 5.72. The molecule has 1 unspecified atom stereocenters. The molecule has 0 amide bonds. The molecule has 1 heterocycles. The zero-order valence-corrected chi connectivity index (χ0v) is 10.5. The molecule has 2 nitrogen and oxygen atoms in total. The Kier molecular flexibility index (Phi) is 2.61. The van der Waals surface area contributed by atoms with Crippen LogP contribution in [0.15, 0.2) is 12.1 Å². The van der Waals surface area contributed by atoms with Crippen LogP contribution in [0.5, 0.6) is 0 Å². The van der Waals surface area contributed by atoms with Gasteiger partial charge in [-0.25, -0.2) is 5.01 Å². The van der Waals surface area contributed by atoms with Gasteiger partial charge >= 0.3 is 0 Å². The second-order valence-corrected chi connectivity index (χ2v) is 4.91. The minimum Gasteiger partial charge on any atom is -0.317 e. The standard InChI is InChI=1S/C8H7Cl2IN2/c1-13-8(11)4-2-5(9)6(10)3-7(4)12-13/h2-3,8,12H,1H3. The minimum absolute atomic E-state index is 0.308. The molecule has 5 heteroatoms. The zero-order chi connectivity index (χ0) is 9.59. The van der Waals surface area contributed by atoms with Crippen molar-refractivity contribution in [1.82, 2.24) is 5.01 Å². The summed E-state index contributed by atoms with van der Waals surface area (Å²) in [5.74, 6) is 0. The Bertz CT molecular complexity index is 356. The molecule has 0 fully saturated rings. The van der Waals surface area contributed by atoms with Crippen LogP contribution in [0.4, 0.5) is 5.69 Å². The third-order valence-corrected chi connectivity index (χ3v) is 4.21. The molecule has 1 N–H and O–H groups in total. The lowest BCUT2D eigenvalue weighted by Gasteiger charge is -2.12. The smallest absolute Gasteiger partial charge is 0.107 e. The fraction of sp³-hybridized carbons (Fsp3) is 0.250. The number of alkyl halides is 1. The summed E-state index contributed by atoms with van der Waals surface area (Å²) >= 11 is 14.2. The number of rotatable bonds is 0. The maximum atomic E-state index is 5.92. The molecule has 1 aliphatic heterocycles. The van der Waals surface area contributed by atoms with E-state index >= 15 is 0 Å². The predicted octanol–water partition coefficient (Wildman–Crippen LogP) is 3.70. The number of benzene rings is 1. The van der Waals surface area contributed by atoms with Crippen LogP contribution in [0.2, 0.25) is 10.0 Å². The summed E-state index contributed by atoms with van der Waals surface area (Å²) in [7, 11) is 1.99. The van der Waals surface area contributed by atoms with Crippen LogP contribution < -0.4 is 5.43 Å². The third-order valence-electron chi connectivity index (χ3n) is 1.99. The second-order valence-electron chi connectivity index (χ2n) is 2.91. The monoisotopic (exact) mass is 328 g/mol. The Morgan fingerprint density at radius 2 is 2.00 bits per heavy atom. The van der Waals surface area contributed by atoms with Crippen molar-refractivity contribution in [2.45, 2.75) is 4.05 Å². The fourth-order valence-electron chi connectivity index (χ4n) is 1.31. The maximum absolute atomic E-state index is 5.92. The lowest BCUT2D eigenvalue weighted by molar-refractivity contribution is 0.426. The Labute approximate surface area is 100 Å². The van der Waals surface area contributed by atoms with Gasteiger partial charge in [0.25, 0.3) is 0 Å². The summed E-state index contributed by atoms with van der Waals surface area (Å²) in [5.41, 5.74) is 5.41. The van der Waals surface area contributed by atoms with Crippen molar-refractivity contribution in [2.75, 3.05) is 12.5 Å². The van der Waals surface area contributed by atoms with Crippen LogP contribution in [-0.4, -0.2) is 12.1 Å². The van der Waals surface area contributed by atoms with Gasteiger partial charge in [0.15, 0.2) is 0 Å². The van der Waals surface area contributed by atoms with Crippen molar-refractivity contribution in [3.05, 3.63) is 27.7 Å². The highest BCUT2D eigenvalue weighted by Gasteiger charge is 2.25. The van der Waals surface area contributed by atoms with Gasteiger partial charge in [-0.3, -0.25) is 0 Å². The summed E-state index contributed by atoms with van der Waals surface area (Å²) in [6, 6.07) is 3.77. The average molecular weight is 329 g/mol. The molecule has 1 aromatic carbocycles. The number of fused-ring (bicyclic) bond motifs is 1. The highest BCUT2D eigenvalue weighted by molar-refractivity contribution is 14.1. The van der Waals surface area contributed by atoms with Crippen LogP contribution in [0, 0.1) is 0 Å². The van der Waals surface area contributed by atoms with Gasteiger partial charge in [-0.1, -0.05) is 45.8 Å². The summed E-state index contributed by atoms with van der Waals surface area (Å²) < 4.78 is 0.308. The lowest BCUT2D eigenvalue weighted by Crippen LogP contribution is -2.18. The van der Waals surface area contributed by atoms with Crippen molar-refractivity contribution in [3.8, 4) is 0 Å². The second kappa shape index (κ2) is 3.46. The molecule has 2 rings (SSSR count). The zero-order valence-electron chi connectivity index (χ0n) is 6.81. The molecule has 13 heavy (non-hydrogen) atoms. The Hall–Kier alpha value is 0.290. The van der Waals surface area contributed by atoms with Crippen molar-refractivity contribution in [3.63, 3.8) is 0 Å². The number of anilines is 1. The number of hydrogen-bond donors (Lipinski definition) is 1. The van der Waals surface area contributed by atoms with Gasteiger partial charge in [0, 0.05) is 12.6 Å². The number of nitrogens with zero attached hydrogens (tertiary/aromatic N) is 1. The van der Waals surface area contributed by atoms with Crippen molar-refractivity contribution in [1.29, 1.82) is 0 Å². The van der Waals surface area contributed by atoms with Gasteiger partial charge in [-0.2, -0.15) is 0 Å². The first-order chi connectivity index (χ1) is 6.09. The van der Waals surface area contributed by atoms with Crippen LogP contribution in [0.25, 0.3) is 0 Å². The third kappa shape index (κ3) is 1.63. The Morgan fingerprint density at radius 3 is 2.69 bits per heavy atom. The van der Waals surface area contributed by atoms with Crippen molar-refractivity contribution >= 4 is 51.5 Å². The van der Waals surface area contributed by atoms with E-state index in [0.717, 1.165) is 5.69 Å². The van der Waals surface area contributed by atoms with E-state index < -0.39 is 0 Å². The molecule has 0 saturated heterocycles. The average Bonchev–Trinajstić information content (AvgIpc) is 2.32. The molecule has 0 aromatic heterocycles. The summed E-state index contributed by atoms with van der Waals surface area (Å²) in [6.45, 7) is 0. The molecule has 0 saturated carbocycles. The number of halogens is 3.